The molecule has 0 saturated heterocycles. The minimum Gasteiger partial charge on any atom is -0.338 e. The van der Waals surface area contributed by atoms with Crippen molar-refractivity contribution in [2.45, 2.75) is 38.1 Å². The van der Waals surface area contributed by atoms with E-state index in [4.69, 9.17) is 0 Å². The lowest BCUT2D eigenvalue weighted by Gasteiger charge is -2.35. The summed E-state index contributed by atoms with van der Waals surface area (Å²) in [6.07, 6.45) is 5.94. The van der Waals surface area contributed by atoms with E-state index in [0.29, 0.717) is 6.04 Å². The number of aromatic nitrogens is 2. The van der Waals surface area contributed by atoms with Gasteiger partial charge >= 0.3 is 0 Å². The van der Waals surface area contributed by atoms with Gasteiger partial charge in [0.1, 0.15) is 5.82 Å². The second-order valence-electron chi connectivity index (χ2n) is 5.92. The van der Waals surface area contributed by atoms with Crippen molar-refractivity contribution in [2.24, 2.45) is 7.05 Å². The molecule has 0 spiro atoms. The minimum atomic E-state index is 0.0984. The van der Waals surface area contributed by atoms with Gasteiger partial charge in [0.2, 0.25) is 0 Å². The molecular weight excluding hydrogens is 246 g/mol. The van der Waals surface area contributed by atoms with Crippen molar-refractivity contribution in [3.05, 3.63) is 54.1 Å². The third kappa shape index (κ3) is 3.10. The maximum absolute atomic E-state index is 4.41. The molecule has 0 amide bonds. The normalized spacial score (nSPS) is 13.4. The van der Waals surface area contributed by atoms with E-state index in [1.165, 1.54) is 5.56 Å². The van der Waals surface area contributed by atoms with Gasteiger partial charge in [-0.2, -0.15) is 0 Å². The molecule has 2 rings (SSSR count). The highest BCUT2D eigenvalue weighted by atomic mass is 15.0. The van der Waals surface area contributed by atoms with Gasteiger partial charge in [-0.05, 0) is 19.0 Å². The number of hydrogen-bond donors (Lipinski definition) is 1. The molecule has 0 bridgehead atoms. The van der Waals surface area contributed by atoms with Crippen LogP contribution in [0.1, 0.15) is 31.7 Å². The Morgan fingerprint density at radius 1 is 1.25 bits per heavy atom. The molecule has 0 aliphatic heterocycles. The Kier molecular flexibility index (Phi) is 4.61. The van der Waals surface area contributed by atoms with Gasteiger partial charge in [0.05, 0.1) is 0 Å². The molecule has 1 atom stereocenters. The first-order chi connectivity index (χ1) is 9.55. The summed E-state index contributed by atoms with van der Waals surface area (Å²) in [4.78, 5) is 4.41. The summed E-state index contributed by atoms with van der Waals surface area (Å²) < 4.78 is 2.10. The lowest BCUT2D eigenvalue weighted by Crippen LogP contribution is -2.43. The Bertz CT molecular complexity index is 528. The first-order valence-electron chi connectivity index (χ1n) is 7.24. The minimum absolute atomic E-state index is 0.0984. The quantitative estimate of drug-likeness (QED) is 0.875. The fraction of sp³-hybridized carbons (Fsp3) is 0.471. The first kappa shape index (κ1) is 14.8. The molecule has 0 fully saturated rings. The van der Waals surface area contributed by atoms with Crippen LogP contribution in [-0.2, 0) is 18.9 Å². The highest BCUT2D eigenvalue weighted by Crippen LogP contribution is 2.29. The zero-order chi connectivity index (χ0) is 14.6. The van der Waals surface area contributed by atoms with E-state index in [1.54, 1.807) is 0 Å². The molecule has 1 heterocycles. The molecule has 0 aliphatic rings. The lowest BCUT2D eigenvalue weighted by molar-refractivity contribution is 0.338. The molecule has 1 N–H and O–H groups in total. The van der Waals surface area contributed by atoms with Crippen LogP contribution in [0.25, 0.3) is 0 Å². The summed E-state index contributed by atoms with van der Waals surface area (Å²) in [7, 11) is 4.10. The molecule has 0 saturated carbocycles. The molecule has 1 aromatic heterocycles. The second kappa shape index (κ2) is 6.23. The predicted molar refractivity (Wildman–Crippen MR) is 83.8 cm³/mol. The summed E-state index contributed by atoms with van der Waals surface area (Å²) in [6, 6.07) is 11.1. The van der Waals surface area contributed by atoms with Crippen molar-refractivity contribution in [3.8, 4) is 0 Å². The van der Waals surface area contributed by atoms with Crippen molar-refractivity contribution in [1.82, 2.24) is 14.9 Å². The molecule has 0 aliphatic carbocycles. The van der Waals surface area contributed by atoms with Gasteiger partial charge in [-0.25, -0.2) is 4.98 Å². The highest BCUT2D eigenvalue weighted by molar-refractivity contribution is 5.25. The van der Waals surface area contributed by atoms with Gasteiger partial charge in [0.15, 0.2) is 0 Å². The van der Waals surface area contributed by atoms with E-state index in [0.717, 1.165) is 18.7 Å². The monoisotopic (exact) mass is 271 g/mol. The van der Waals surface area contributed by atoms with Crippen molar-refractivity contribution in [1.29, 1.82) is 0 Å². The van der Waals surface area contributed by atoms with Crippen LogP contribution < -0.4 is 5.32 Å². The molecule has 1 unspecified atom stereocenters. The average Bonchev–Trinajstić information content (AvgIpc) is 2.86. The molecule has 108 valence electrons. The standard InChI is InChI=1S/C17H25N3/c1-17(2,14-8-6-5-7-9-14)15(18-3)10-11-16-19-12-13-20(16)4/h5-9,12-13,15,18H,10-11H2,1-4H3. The molecule has 0 radical (unpaired) electrons. The second-order valence-corrected chi connectivity index (χ2v) is 5.92. The van der Waals surface area contributed by atoms with Crippen LogP contribution in [0, 0.1) is 0 Å². The summed E-state index contributed by atoms with van der Waals surface area (Å²) >= 11 is 0. The molecular formula is C17H25N3. The van der Waals surface area contributed by atoms with Crippen LogP contribution in [0.3, 0.4) is 0 Å². The van der Waals surface area contributed by atoms with Crippen LogP contribution in [-0.4, -0.2) is 22.6 Å². The molecule has 3 heteroatoms. The van der Waals surface area contributed by atoms with E-state index in [2.05, 4.69) is 66.1 Å². The number of benzene rings is 1. The summed E-state index contributed by atoms with van der Waals surface area (Å²) in [5.74, 6) is 1.15. The Morgan fingerprint density at radius 3 is 2.50 bits per heavy atom. The van der Waals surface area contributed by atoms with Crippen LogP contribution in [0.2, 0.25) is 0 Å². The van der Waals surface area contributed by atoms with Crippen molar-refractivity contribution in [2.75, 3.05) is 7.05 Å². The number of likely N-dealkylation sites (N-methyl/N-ethyl adjacent to an activating group) is 1. The lowest BCUT2D eigenvalue weighted by atomic mass is 9.76. The van der Waals surface area contributed by atoms with Crippen LogP contribution in [0.5, 0.6) is 0 Å². The first-order valence-corrected chi connectivity index (χ1v) is 7.24. The predicted octanol–water partition coefficient (Wildman–Crippen LogP) is 2.92. The maximum Gasteiger partial charge on any atom is 0.108 e. The van der Waals surface area contributed by atoms with Gasteiger partial charge in [0.25, 0.3) is 0 Å². The summed E-state index contributed by atoms with van der Waals surface area (Å²) in [5.41, 5.74) is 1.47. The van der Waals surface area contributed by atoms with Crippen LogP contribution in [0.15, 0.2) is 42.7 Å². The van der Waals surface area contributed by atoms with Crippen LogP contribution in [0.4, 0.5) is 0 Å². The van der Waals surface area contributed by atoms with Gasteiger partial charge in [0, 0.05) is 37.3 Å². The number of nitrogens with one attached hydrogen (secondary N) is 1. The highest BCUT2D eigenvalue weighted by Gasteiger charge is 2.29. The van der Waals surface area contributed by atoms with E-state index in [-0.39, 0.29) is 5.41 Å². The third-order valence-electron chi connectivity index (χ3n) is 4.32. The summed E-state index contributed by atoms with van der Waals surface area (Å²) in [5, 5.41) is 3.49. The van der Waals surface area contributed by atoms with Crippen molar-refractivity contribution < 1.29 is 0 Å². The maximum atomic E-state index is 4.41. The SMILES string of the molecule is CNC(CCc1nccn1C)C(C)(C)c1ccccc1. The number of hydrogen-bond acceptors (Lipinski definition) is 2. The van der Waals surface area contributed by atoms with Gasteiger partial charge < -0.3 is 9.88 Å². The van der Waals surface area contributed by atoms with Crippen molar-refractivity contribution >= 4 is 0 Å². The largest absolute Gasteiger partial charge is 0.338 e. The van der Waals surface area contributed by atoms with E-state index >= 15 is 0 Å². The Balaban J connectivity index is 2.09. The Morgan fingerprint density at radius 2 is 1.95 bits per heavy atom. The van der Waals surface area contributed by atoms with Gasteiger partial charge in [-0.15, -0.1) is 0 Å². The average molecular weight is 271 g/mol. The van der Waals surface area contributed by atoms with Gasteiger partial charge in [-0.1, -0.05) is 44.2 Å². The third-order valence-corrected chi connectivity index (χ3v) is 4.32. The molecule has 1 aromatic carbocycles. The van der Waals surface area contributed by atoms with E-state index in [1.807, 2.05) is 19.4 Å². The van der Waals surface area contributed by atoms with Crippen LogP contribution >= 0.6 is 0 Å². The molecule has 2 aromatic rings. The van der Waals surface area contributed by atoms with Gasteiger partial charge in [-0.3, -0.25) is 0 Å². The number of rotatable bonds is 6. The zero-order valence-electron chi connectivity index (χ0n) is 12.9. The molecule has 20 heavy (non-hydrogen) atoms. The van der Waals surface area contributed by atoms with E-state index in [9.17, 15) is 0 Å². The number of imidazole rings is 1. The summed E-state index contributed by atoms with van der Waals surface area (Å²) in [6.45, 7) is 4.61. The Hall–Kier alpha value is -1.61. The fourth-order valence-corrected chi connectivity index (χ4v) is 2.85. The number of aryl methyl sites for hydroxylation is 2. The topological polar surface area (TPSA) is 29.9 Å². The smallest absolute Gasteiger partial charge is 0.108 e. The zero-order valence-corrected chi connectivity index (χ0v) is 12.9. The molecule has 3 nitrogen and oxygen atoms in total. The fourth-order valence-electron chi connectivity index (χ4n) is 2.85. The number of nitrogens with zero attached hydrogens (tertiary/aromatic N) is 2. The Labute approximate surface area is 122 Å². The van der Waals surface area contributed by atoms with Crippen molar-refractivity contribution in [3.63, 3.8) is 0 Å². The van der Waals surface area contributed by atoms with E-state index < -0.39 is 0 Å².